The fourth-order valence-electron chi connectivity index (χ4n) is 0.533. The maximum atomic E-state index is 12.3. The Kier molecular flexibility index (Phi) is 1.81. The summed E-state index contributed by atoms with van der Waals surface area (Å²) in [6.45, 7) is 1.72. The highest BCUT2D eigenvalue weighted by Crippen LogP contribution is 2.07. The van der Waals surface area contributed by atoms with Crippen LogP contribution in [0.5, 0.6) is 0 Å². The predicted molar refractivity (Wildman–Crippen MR) is 35.5 cm³/mol. The van der Waals surface area contributed by atoms with Crippen LogP contribution in [0.15, 0.2) is 10.7 Å². The van der Waals surface area contributed by atoms with Gasteiger partial charge in [-0.05, 0) is 28.9 Å². The molecule has 0 aliphatic heterocycles. The number of halogens is 2. The first-order chi connectivity index (χ1) is 4.18. The molecule has 1 aromatic rings. The molecule has 0 saturated heterocycles. The second-order valence-electron chi connectivity index (χ2n) is 1.66. The minimum Gasteiger partial charge on any atom is -0.245 e. The van der Waals surface area contributed by atoms with Gasteiger partial charge in [-0.25, -0.2) is 9.37 Å². The summed E-state index contributed by atoms with van der Waals surface area (Å²) >= 11 is 3.01. The van der Waals surface area contributed by atoms with E-state index >= 15 is 0 Å². The van der Waals surface area contributed by atoms with Gasteiger partial charge in [0.15, 0.2) is 0 Å². The molecule has 0 N–H and O–H groups in total. The van der Waals surface area contributed by atoms with Crippen molar-refractivity contribution in [1.29, 1.82) is 0 Å². The Hall–Kier alpha value is -0.440. The van der Waals surface area contributed by atoms with Crippen LogP contribution in [-0.2, 0) is 0 Å². The van der Waals surface area contributed by atoms with Gasteiger partial charge in [0, 0.05) is 5.69 Å². The Morgan fingerprint density at radius 2 is 2.44 bits per heavy atom. The molecule has 1 radical (unpaired) electrons. The Bertz CT molecular complexity index is 174. The Balaban J connectivity index is 3.17. The normalized spacial score (nSPS) is 9.67. The molecular weight excluding hydrogens is 185 g/mol. The molecule has 0 amide bonds. The summed E-state index contributed by atoms with van der Waals surface area (Å²) in [7, 11) is 0. The summed E-state index contributed by atoms with van der Waals surface area (Å²) in [5.41, 5.74) is 0.651. The molecule has 0 fully saturated rings. The molecular formula is C6H4BrFN. The number of aromatic nitrogens is 1. The predicted octanol–water partition coefficient (Wildman–Crippen LogP) is 2.09. The second-order valence-corrected chi connectivity index (χ2v) is 2.41. The first-order valence-electron chi connectivity index (χ1n) is 2.40. The van der Waals surface area contributed by atoms with Crippen molar-refractivity contribution >= 4 is 15.9 Å². The molecule has 3 heteroatoms. The highest BCUT2D eigenvalue weighted by atomic mass is 79.9. The lowest BCUT2D eigenvalue weighted by Crippen LogP contribution is -1.83. The van der Waals surface area contributed by atoms with Crippen molar-refractivity contribution in [2.75, 3.05) is 0 Å². The first-order valence-corrected chi connectivity index (χ1v) is 3.20. The lowest BCUT2D eigenvalue weighted by Gasteiger charge is -1.91. The van der Waals surface area contributed by atoms with Crippen molar-refractivity contribution in [3.05, 3.63) is 28.2 Å². The largest absolute Gasteiger partial charge is 0.245 e. The molecule has 0 aromatic carbocycles. The molecule has 0 unspecified atom stereocenters. The van der Waals surface area contributed by atoms with E-state index in [1.165, 1.54) is 6.07 Å². The number of rotatable bonds is 0. The molecule has 0 bridgehead atoms. The summed E-state index contributed by atoms with van der Waals surface area (Å²) in [6.07, 6.45) is 0. The van der Waals surface area contributed by atoms with Gasteiger partial charge in [0.1, 0.15) is 10.4 Å². The van der Waals surface area contributed by atoms with E-state index in [1.54, 1.807) is 6.92 Å². The van der Waals surface area contributed by atoms with Crippen LogP contribution in [0.3, 0.4) is 0 Å². The van der Waals surface area contributed by atoms with E-state index in [9.17, 15) is 4.39 Å². The van der Waals surface area contributed by atoms with Crippen LogP contribution in [0, 0.1) is 18.8 Å². The molecule has 0 atom stereocenters. The highest BCUT2D eigenvalue weighted by molar-refractivity contribution is 9.10. The lowest BCUT2D eigenvalue weighted by molar-refractivity contribution is 0.620. The zero-order valence-corrected chi connectivity index (χ0v) is 6.37. The average Bonchev–Trinajstić information content (AvgIpc) is 1.59. The zero-order valence-electron chi connectivity index (χ0n) is 4.78. The monoisotopic (exact) mass is 188 g/mol. The van der Waals surface area contributed by atoms with Gasteiger partial charge in [0.05, 0.1) is 6.07 Å². The average molecular weight is 189 g/mol. The first kappa shape index (κ1) is 6.68. The van der Waals surface area contributed by atoms with Crippen LogP contribution in [0.1, 0.15) is 5.69 Å². The van der Waals surface area contributed by atoms with Crippen molar-refractivity contribution in [3.8, 4) is 0 Å². The van der Waals surface area contributed by atoms with E-state index in [4.69, 9.17) is 0 Å². The van der Waals surface area contributed by atoms with E-state index in [0.717, 1.165) is 0 Å². The summed E-state index contributed by atoms with van der Waals surface area (Å²) in [5, 5.41) is 0. The fraction of sp³-hybridized carbons (Fsp3) is 0.167. The van der Waals surface area contributed by atoms with Crippen LogP contribution in [0.25, 0.3) is 0 Å². The summed E-state index contributed by atoms with van der Waals surface area (Å²) in [6, 6.07) is 3.67. The van der Waals surface area contributed by atoms with Gasteiger partial charge in [-0.3, -0.25) is 0 Å². The third-order valence-corrected chi connectivity index (χ3v) is 1.21. The smallest absolute Gasteiger partial charge is 0.135 e. The molecule has 0 spiro atoms. The molecule has 1 nitrogen and oxygen atoms in total. The molecule has 47 valence electrons. The van der Waals surface area contributed by atoms with Gasteiger partial charge < -0.3 is 0 Å². The van der Waals surface area contributed by atoms with Crippen molar-refractivity contribution in [2.24, 2.45) is 0 Å². The molecule has 0 aliphatic rings. The number of pyridine rings is 1. The van der Waals surface area contributed by atoms with Crippen LogP contribution < -0.4 is 0 Å². The standard InChI is InChI=1S/C6H4BrFN/c1-4-2-5(8)3-6(7)9-4/h2H,1H3. The van der Waals surface area contributed by atoms with Crippen LogP contribution >= 0.6 is 15.9 Å². The van der Waals surface area contributed by atoms with Crippen LogP contribution in [0.2, 0.25) is 0 Å². The summed E-state index contributed by atoms with van der Waals surface area (Å²) < 4.78 is 12.7. The van der Waals surface area contributed by atoms with Gasteiger partial charge in [-0.2, -0.15) is 0 Å². The van der Waals surface area contributed by atoms with Crippen molar-refractivity contribution < 1.29 is 4.39 Å². The fourth-order valence-corrected chi connectivity index (χ4v) is 1.00. The van der Waals surface area contributed by atoms with E-state index in [-0.39, 0.29) is 5.82 Å². The van der Waals surface area contributed by atoms with Crippen LogP contribution in [0.4, 0.5) is 4.39 Å². The Labute approximate surface area is 61.0 Å². The molecule has 0 saturated carbocycles. The van der Waals surface area contributed by atoms with E-state index < -0.39 is 0 Å². The van der Waals surface area contributed by atoms with Gasteiger partial charge in [-0.15, -0.1) is 0 Å². The maximum absolute atomic E-state index is 12.3. The minimum atomic E-state index is -0.380. The Morgan fingerprint density at radius 3 is 2.89 bits per heavy atom. The summed E-state index contributed by atoms with van der Waals surface area (Å²) in [4.78, 5) is 3.86. The van der Waals surface area contributed by atoms with Crippen LogP contribution in [-0.4, -0.2) is 4.98 Å². The maximum Gasteiger partial charge on any atom is 0.135 e. The quantitative estimate of drug-likeness (QED) is 0.569. The van der Waals surface area contributed by atoms with Gasteiger partial charge in [0.2, 0.25) is 0 Å². The molecule has 9 heavy (non-hydrogen) atoms. The molecule has 1 heterocycles. The van der Waals surface area contributed by atoms with Gasteiger partial charge in [-0.1, -0.05) is 0 Å². The van der Waals surface area contributed by atoms with Gasteiger partial charge in [0.25, 0.3) is 0 Å². The third-order valence-electron chi connectivity index (χ3n) is 0.833. The van der Waals surface area contributed by atoms with Crippen molar-refractivity contribution in [2.45, 2.75) is 6.92 Å². The second kappa shape index (κ2) is 2.43. The summed E-state index contributed by atoms with van der Waals surface area (Å²) in [5.74, 6) is -0.380. The molecule has 0 aliphatic carbocycles. The topological polar surface area (TPSA) is 12.9 Å². The minimum absolute atomic E-state index is 0.380. The lowest BCUT2D eigenvalue weighted by atomic mass is 10.4. The van der Waals surface area contributed by atoms with E-state index in [0.29, 0.717) is 10.3 Å². The highest BCUT2D eigenvalue weighted by Gasteiger charge is 1.94. The van der Waals surface area contributed by atoms with Crippen molar-refractivity contribution in [3.63, 3.8) is 0 Å². The Morgan fingerprint density at radius 1 is 1.78 bits per heavy atom. The third kappa shape index (κ3) is 1.75. The van der Waals surface area contributed by atoms with E-state index in [1.807, 2.05) is 0 Å². The van der Waals surface area contributed by atoms with Crippen molar-refractivity contribution in [1.82, 2.24) is 4.98 Å². The molecule has 1 aromatic heterocycles. The number of hydrogen-bond donors (Lipinski definition) is 0. The molecule has 1 rings (SSSR count). The van der Waals surface area contributed by atoms with E-state index in [2.05, 4.69) is 27.0 Å². The number of aryl methyl sites for hydroxylation is 1. The van der Waals surface area contributed by atoms with Gasteiger partial charge >= 0.3 is 0 Å². The number of hydrogen-bond acceptors (Lipinski definition) is 1. The number of nitrogens with zero attached hydrogens (tertiary/aromatic N) is 1. The SMILES string of the molecule is Cc1cc(F)[c]c(Br)n1. The zero-order chi connectivity index (χ0) is 6.85.